The van der Waals surface area contributed by atoms with Crippen molar-refractivity contribution in [2.75, 3.05) is 6.61 Å². The minimum Gasteiger partial charge on any atom is -0.466 e. The third-order valence-electron chi connectivity index (χ3n) is 6.12. The molecule has 2 aliphatic rings. The molecule has 2 rings (SSSR count). The Labute approximate surface area is 179 Å². The van der Waals surface area contributed by atoms with Gasteiger partial charge in [0, 0.05) is 25.2 Å². The van der Waals surface area contributed by atoms with Gasteiger partial charge in [0.1, 0.15) is 5.78 Å². The van der Waals surface area contributed by atoms with Crippen molar-refractivity contribution in [3.8, 4) is 0 Å². The van der Waals surface area contributed by atoms with Gasteiger partial charge in [-0.05, 0) is 36.7 Å². The summed E-state index contributed by atoms with van der Waals surface area (Å²) in [5.74, 6) is 2.30. The second kappa shape index (κ2) is 15.4. The van der Waals surface area contributed by atoms with Crippen LogP contribution in [0.5, 0.6) is 0 Å². The SMILES string of the molecule is C.C.CC1C(=O)CC(O)C(C)C1C.CC1C=CC(=O)C(C)C1C.CCOC(C)=O. The Kier molecular flexibility index (Phi) is 17.0. The summed E-state index contributed by atoms with van der Waals surface area (Å²) in [4.78, 5) is 32.1. The van der Waals surface area contributed by atoms with Crippen LogP contribution in [0, 0.1) is 35.5 Å². The van der Waals surface area contributed by atoms with Gasteiger partial charge in [0.2, 0.25) is 0 Å². The molecule has 0 amide bonds. The van der Waals surface area contributed by atoms with Gasteiger partial charge in [0.25, 0.3) is 0 Å². The summed E-state index contributed by atoms with van der Waals surface area (Å²) in [7, 11) is 0. The van der Waals surface area contributed by atoms with Crippen molar-refractivity contribution in [2.24, 2.45) is 35.5 Å². The predicted octanol–water partition coefficient (Wildman–Crippen LogP) is 5.10. The second-order valence-electron chi connectivity index (χ2n) is 7.94. The largest absolute Gasteiger partial charge is 0.466 e. The molecule has 0 bridgehead atoms. The lowest BCUT2D eigenvalue weighted by Crippen LogP contribution is -2.39. The zero-order valence-corrected chi connectivity index (χ0v) is 18.2. The maximum absolute atomic E-state index is 11.2. The number of hydrogen-bond acceptors (Lipinski definition) is 5. The summed E-state index contributed by atoms with van der Waals surface area (Å²) >= 11 is 0. The molecule has 172 valence electrons. The summed E-state index contributed by atoms with van der Waals surface area (Å²) in [5.41, 5.74) is 0. The van der Waals surface area contributed by atoms with E-state index < -0.39 is 6.10 Å². The molecule has 2 aliphatic carbocycles. The molecule has 0 aliphatic heterocycles. The Morgan fingerprint density at radius 1 is 1.00 bits per heavy atom. The van der Waals surface area contributed by atoms with Crippen LogP contribution in [0.25, 0.3) is 0 Å². The van der Waals surface area contributed by atoms with Crippen LogP contribution in [0.2, 0.25) is 0 Å². The Hall–Kier alpha value is -1.49. The first-order valence-corrected chi connectivity index (χ1v) is 10.00. The lowest BCUT2D eigenvalue weighted by Gasteiger charge is -2.34. The molecule has 0 saturated heterocycles. The number of rotatable bonds is 1. The maximum atomic E-state index is 11.2. The van der Waals surface area contributed by atoms with Crippen LogP contribution >= 0.6 is 0 Å². The van der Waals surface area contributed by atoms with Crippen LogP contribution in [-0.4, -0.2) is 35.4 Å². The van der Waals surface area contributed by atoms with Crippen LogP contribution in [0.15, 0.2) is 12.2 Å². The fourth-order valence-corrected chi connectivity index (χ4v) is 3.17. The van der Waals surface area contributed by atoms with E-state index in [4.69, 9.17) is 0 Å². The van der Waals surface area contributed by atoms with E-state index in [0.717, 1.165) is 0 Å². The second-order valence-corrected chi connectivity index (χ2v) is 7.94. The highest BCUT2D eigenvalue weighted by Gasteiger charge is 2.35. The van der Waals surface area contributed by atoms with Crippen LogP contribution in [0.1, 0.15) is 76.7 Å². The van der Waals surface area contributed by atoms with Gasteiger partial charge in [0.15, 0.2) is 5.78 Å². The molecule has 5 nitrogen and oxygen atoms in total. The molecule has 0 spiro atoms. The number of Topliss-reactive ketones (excluding diaryl/α,β-unsaturated/α-hetero) is 1. The molecule has 1 N–H and O–H groups in total. The van der Waals surface area contributed by atoms with Gasteiger partial charge in [-0.2, -0.15) is 0 Å². The van der Waals surface area contributed by atoms with Crippen LogP contribution in [0.4, 0.5) is 0 Å². The van der Waals surface area contributed by atoms with Crippen molar-refractivity contribution in [3.63, 3.8) is 0 Å². The van der Waals surface area contributed by atoms with Crippen LogP contribution in [-0.2, 0) is 19.1 Å². The third-order valence-corrected chi connectivity index (χ3v) is 6.12. The van der Waals surface area contributed by atoms with Gasteiger partial charge in [-0.25, -0.2) is 0 Å². The Morgan fingerprint density at radius 2 is 1.52 bits per heavy atom. The highest BCUT2D eigenvalue weighted by Crippen LogP contribution is 2.31. The number of ketones is 2. The van der Waals surface area contributed by atoms with E-state index in [0.29, 0.717) is 30.8 Å². The zero-order valence-electron chi connectivity index (χ0n) is 18.2. The van der Waals surface area contributed by atoms with Crippen molar-refractivity contribution in [1.29, 1.82) is 0 Å². The molecule has 7 atom stereocenters. The van der Waals surface area contributed by atoms with Gasteiger partial charge >= 0.3 is 5.97 Å². The van der Waals surface area contributed by atoms with E-state index in [9.17, 15) is 19.5 Å². The van der Waals surface area contributed by atoms with Gasteiger partial charge in [-0.1, -0.05) is 62.5 Å². The average Bonchev–Trinajstić information content (AvgIpc) is 2.61. The van der Waals surface area contributed by atoms with Crippen molar-refractivity contribution >= 4 is 17.5 Å². The Bertz CT molecular complexity index is 525. The monoisotopic (exact) mass is 414 g/mol. The van der Waals surface area contributed by atoms with Gasteiger partial charge in [-0.3, -0.25) is 14.4 Å². The van der Waals surface area contributed by atoms with Crippen molar-refractivity contribution in [3.05, 3.63) is 12.2 Å². The summed E-state index contributed by atoms with van der Waals surface area (Å²) in [6, 6.07) is 0. The first kappa shape index (κ1) is 32.2. The van der Waals surface area contributed by atoms with Gasteiger partial charge in [-0.15, -0.1) is 0 Å². The molecular formula is C24H46O5. The number of ether oxygens (including phenoxy) is 1. The Balaban J connectivity index is -0.000000352. The van der Waals surface area contributed by atoms with E-state index in [1.807, 2.05) is 33.8 Å². The zero-order chi connectivity index (χ0) is 21.3. The van der Waals surface area contributed by atoms with E-state index in [1.165, 1.54) is 6.92 Å². The van der Waals surface area contributed by atoms with Crippen LogP contribution < -0.4 is 0 Å². The third kappa shape index (κ3) is 10.7. The highest BCUT2D eigenvalue weighted by molar-refractivity contribution is 5.92. The topological polar surface area (TPSA) is 80.7 Å². The number of carbonyl (C=O) groups excluding carboxylic acids is 3. The molecule has 7 unspecified atom stereocenters. The molecule has 0 aromatic carbocycles. The van der Waals surface area contributed by atoms with Crippen molar-refractivity contribution in [2.45, 2.75) is 82.8 Å². The number of esters is 1. The Morgan fingerprint density at radius 3 is 1.90 bits per heavy atom. The molecule has 0 aromatic heterocycles. The maximum Gasteiger partial charge on any atom is 0.302 e. The first-order chi connectivity index (χ1) is 12.4. The van der Waals surface area contributed by atoms with Gasteiger partial charge in [0.05, 0.1) is 12.7 Å². The van der Waals surface area contributed by atoms with Crippen LogP contribution in [0.3, 0.4) is 0 Å². The molecule has 29 heavy (non-hydrogen) atoms. The summed E-state index contributed by atoms with van der Waals surface area (Å²) in [6.07, 6.45) is 3.67. The first-order valence-electron chi connectivity index (χ1n) is 10.00. The average molecular weight is 415 g/mol. The minimum absolute atomic E-state index is 0. The molecule has 1 saturated carbocycles. The number of carbonyl (C=O) groups is 3. The lowest BCUT2D eigenvalue weighted by molar-refractivity contribution is -0.140. The normalized spacial score (nSPS) is 32.9. The quantitative estimate of drug-likeness (QED) is 0.604. The molecule has 0 radical (unpaired) electrons. The predicted molar refractivity (Wildman–Crippen MR) is 121 cm³/mol. The number of hydrogen-bond donors (Lipinski definition) is 1. The fourth-order valence-electron chi connectivity index (χ4n) is 3.17. The van der Waals surface area contributed by atoms with Crippen molar-refractivity contribution in [1.82, 2.24) is 0 Å². The lowest BCUT2D eigenvalue weighted by atomic mass is 9.72. The van der Waals surface area contributed by atoms with E-state index in [2.05, 4.69) is 18.6 Å². The number of aliphatic hydroxyl groups excluding tert-OH is 1. The van der Waals surface area contributed by atoms with Crippen molar-refractivity contribution < 1.29 is 24.2 Å². The highest BCUT2D eigenvalue weighted by atomic mass is 16.5. The van der Waals surface area contributed by atoms with E-state index in [-0.39, 0.29) is 50.1 Å². The standard InChI is InChI=1S/C9H16O2.C9H14O.C4H8O2.2CH4/c1-5-6(2)8(10)4-9(11)7(5)3;1-6-4-5-9(10)8(3)7(6)2;1-3-6-4(2)5;;/h5-8,10H,4H2,1-3H3;4-8H,1-3H3;3H2,1-2H3;2*1H4. The molecule has 0 heterocycles. The fraction of sp³-hybridized carbons (Fsp3) is 0.792. The number of aliphatic hydroxyl groups is 1. The molecular weight excluding hydrogens is 368 g/mol. The molecule has 0 aromatic rings. The van der Waals surface area contributed by atoms with E-state index >= 15 is 0 Å². The summed E-state index contributed by atoms with van der Waals surface area (Å²) in [6.45, 7) is 16.0. The molecule has 5 heteroatoms. The molecule has 1 fully saturated rings. The summed E-state index contributed by atoms with van der Waals surface area (Å²) < 4.78 is 4.40. The smallest absolute Gasteiger partial charge is 0.302 e. The van der Waals surface area contributed by atoms with E-state index in [1.54, 1.807) is 13.0 Å². The minimum atomic E-state index is -0.409. The van der Waals surface area contributed by atoms with Gasteiger partial charge < -0.3 is 9.84 Å². The number of allylic oxidation sites excluding steroid dienone is 2. The summed E-state index contributed by atoms with van der Waals surface area (Å²) in [5, 5.41) is 9.42.